The Morgan fingerprint density at radius 3 is 2.58 bits per heavy atom. The minimum absolute atomic E-state index is 0.339. The standard InChI is InChI=1S/C20H18N4O2/c1-24-13-17(12-22-24)20(25)23-19(11-21)16-7-9-18(10-8-16)26-14-15-5-3-2-4-6-15/h2-10,12-13,19H,14H2,1H3,(H,23,25)/t19-/m0/s1. The van der Waals surface area contributed by atoms with E-state index in [1.165, 1.54) is 10.9 Å². The van der Waals surface area contributed by atoms with E-state index in [2.05, 4.69) is 16.5 Å². The van der Waals surface area contributed by atoms with Crippen molar-refractivity contribution in [3.63, 3.8) is 0 Å². The van der Waals surface area contributed by atoms with Crippen LogP contribution in [0.1, 0.15) is 27.5 Å². The molecule has 1 heterocycles. The SMILES string of the molecule is Cn1cc(C(=O)N[C@@H](C#N)c2ccc(OCc3ccccc3)cc2)cn1. The Balaban J connectivity index is 1.62. The van der Waals surface area contributed by atoms with E-state index < -0.39 is 6.04 Å². The second kappa shape index (κ2) is 7.99. The van der Waals surface area contributed by atoms with Crippen molar-refractivity contribution in [2.75, 3.05) is 0 Å². The summed E-state index contributed by atoms with van der Waals surface area (Å²) in [6.07, 6.45) is 3.06. The van der Waals surface area contributed by atoms with E-state index in [0.717, 1.165) is 5.56 Å². The van der Waals surface area contributed by atoms with Crippen LogP contribution in [0.2, 0.25) is 0 Å². The van der Waals surface area contributed by atoms with Crippen LogP contribution in [0.3, 0.4) is 0 Å². The quantitative estimate of drug-likeness (QED) is 0.744. The highest BCUT2D eigenvalue weighted by Crippen LogP contribution is 2.19. The Kier molecular flexibility index (Phi) is 5.30. The average molecular weight is 346 g/mol. The second-order valence-corrected chi connectivity index (χ2v) is 5.78. The molecule has 0 spiro atoms. The summed E-state index contributed by atoms with van der Waals surface area (Å²) >= 11 is 0. The molecule has 1 aromatic heterocycles. The molecule has 0 aliphatic heterocycles. The average Bonchev–Trinajstić information content (AvgIpc) is 3.12. The first kappa shape index (κ1) is 17.2. The lowest BCUT2D eigenvalue weighted by atomic mass is 10.1. The third kappa shape index (κ3) is 4.28. The van der Waals surface area contributed by atoms with E-state index in [0.29, 0.717) is 23.5 Å². The number of nitrogens with zero attached hydrogens (tertiary/aromatic N) is 3. The van der Waals surface area contributed by atoms with Crippen LogP contribution in [-0.4, -0.2) is 15.7 Å². The van der Waals surface area contributed by atoms with Crippen LogP contribution < -0.4 is 10.1 Å². The van der Waals surface area contributed by atoms with Gasteiger partial charge in [0.2, 0.25) is 0 Å². The molecule has 0 saturated carbocycles. The number of hydrogen-bond donors (Lipinski definition) is 1. The summed E-state index contributed by atoms with van der Waals surface area (Å²) < 4.78 is 7.27. The van der Waals surface area contributed by atoms with Crippen molar-refractivity contribution in [3.05, 3.63) is 83.7 Å². The van der Waals surface area contributed by atoms with Gasteiger partial charge in [0.15, 0.2) is 0 Å². The van der Waals surface area contributed by atoms with Gasteiger partial charge in [-0.05, 0) is 23.3 Å². The summed E-state index contributed by atoms with van der Waals surface area (Å²) in [6.45, 7) is 0.472. The van der Waals surface area contributed by atoms with Crippen LogP contribution in [0, 0.1) is 11.3 Å². The molecule has 0 radical (unpaired) electrons. The maximum absolute atomic E-state index is 12.2. The molecule has 3 rings (SSSR count). The summed E-state index contributed by atoms with van der Waals surface area (Å²) in [4.78, 5) is 12.2. The Morgan fingerprint density at radius 1 is 1.23 bits per heavy atom. The topological polar surface area (TPSA) is 79.9 Å². The first-order chi connectivity index (χ1) is 12.7. The van der Waals surface area contributed by atoms with Crippen molar-refractivity contribution in [2.45, 2.75) is 12.6 Å². The fourth-order valence-corrected chi connectivity index (χ4v) is 2.44. The van der Waals surface area contributed by atoms with E-state index in [1.807, 2.05) is 30.3 Å². The summed E-state index contributed by atoms with van der Waals surface area (Å²) in [5.74, 6) is 0.363. The van der Waals surface area contributed by atoms with E-state index in [4.69, 9.17) is 4.74 Å². The number of benzene rings is 2. The van der Waals surface area contributed by atoms with Crippen molar-refractivity contribution >= 4 is 5.91 Å². The zero-order valence-electron chi connectivity index (χ0n) is 14.3. The van der Waals surface area contributed by atoms with Crippen LogP contribution in [0.4, 0.5) is 0 Å². The molecule has 3 aromatic rings. The van der Waals surface area contributed by atoms with Gasteiger partial charge in [0.1, 0.15) is 18.4 Å². The molecule has 0 fully saturated rings. The highest BCUT2D eigenvalue weighted by molar-refractivity contribution is 5.94. The second-order valence-electron chi connectivity index (χ2n) is 5.78. The molecule has 1 atom stereocenters. The molecule has 1 amide bonds. The Bertz CT molecular complexity index is 911. The molecular formula is C20H18N4O2. The van der Waals surface area contributed by atoms with E-state index >= 15 is 0 Å². The third-order valence-corrected chi connectivity index (χ3v) is 3.83. The first-order valence-corrected chi connectivity index (χ1v) is 8.11. The Morgan fingerprint density at radius 2 is 1.96 bits per heavy atom. The third-order valence-electron chi connectivity index (χ3n) is 3.83. The van der Waals surface area contributed by atoms with Crippen LogP contribution in [-0.2, 0) is 13.7 Å². The molecule has 1 N–H and O–H groups in total. The number of ether oxygens (including phenoxy) is 1. The van der Waals surface area contributed by atoms with Gasteiger partial charge in [-0.1, -0.05) is 42.5 Å². The van der Waals surface area contributed by atoms with E-state index in [1.54, 1.807) is 37.5 Å². The predicted molar refractivity (Wildman–Crippen MR) is 96.2 cm³/mol. The van der Waals surface area contributed by atoms with Crippen LogP contribution in [0.25, 0.3) is 0 Å². The van der Waals surface area contributed by atoms with Crippen LogP contribution >= 0.6 is 0 Å². The number of carbonyl (C=O) groups is 1. The molecular weight excluding hydrogens is 328 g/mol. The maximum atomic E-state index is 12.2. The minimum Gasteiger partial charge on any atom is -0.489 e. The number of carbonyl (C=O) groups excluding carboxylic acids is 1. The molecule has 2 aromatic carbocycles. The molecule has 130 valence electrons. The number of nitriles is 1. The number of rotatable bonds is 6. The number of hydrogen-bond acceptors (Lipinski definition) is 4. The van der Waals surface area contributed by atoms with Crippen LogP contribution in [0.15, 0.2) is 67.0 Å². The van der Waals surface area contributed by atoms with Gasteiger partial charge in [-0.2, -0.15) is 10.4 Å². The van der Waals surface area contributed by atoms with Crippen molar-refractivity contribution in [2.24, 2.45) is 7.05 Å². The minimum atomic E-state index is -0.745. The lowest BCUT2D eigenvalue weighted by molar-refractivity contribution is 0.0945. The van der Waals surface area contributed by atoms with Gasteiger partial charge in [-0.25, -0.2) is 0 Å². The summed E-state index contributed by atoms with van der Waals surface area (Å²) in [7, 11) is 1.73. The van der Waals surface area contributed by atoms with Crippen molar-refractivity contribution in [1.29, 1.82) is 5.26 Å². The number of nitrogens with one attached hydrogen (secondary N) is 1. The first-order valence-electron chi connectivity index (χ1n) is 8.11. The molecule has 6 nitrogen and oxygen atoms in total. The fraction of sp³-hybridized carbons (Fsp3) is 0.150. The molecule has 6 heteroatoms. The van der Waals surface area contributed by atoms with Gasteiger partial charge in [-0.15, -0.1) is 0 Å². The summed E-state index contributed by atoms with van der Waals surface area (Å²) in [5, 5.41) is 16.0. The van der Waals surface area contributed by atoms with E-state index in [9.17, 15) is 10.1 Å². The predicted octanol–water partition coefficient (Wildman–Crippen LogP) is 2.99. The van der Waals surface area contributed by atoms with Gasteiger partial charge in [0.05, 0.1) is 17.8 Å². The van der Waals surface area contributed by atoms with Gasteiger partial charge < -0.3 is 10.1 Å². The molecule has 26 heavy (non-hydrogen) atoms. The Labute approximate surface area is 151 Å². The van der Waals surface area contributed by atoms with Gasteiger partial charge in [0, 0.05) is 13.2 Å². The largest absolute Gasteiger partial charge is 0.489 e. The molecule has 0 aliphatic carbocycles. The smallest absolute Gasteiger partial charge is 0.255 e. The van der Waals surface area contributed by atoms with E-state index in [-0.39, 0.29) is 5.91 Å². The summed E-state index contributed by atoms with van der Waals surface area (Å²) in [6, 6.07) is 18.4. The molecule has 0 bridgehead atoms. The monoisotopic (exact) mass is 346 g/mol. The van der Waals surface area contributed by atoms with Crippen LogP contribution in [0.5, 0.6) is 5.75 Å². The van der Waals surface area contributed by atoms with Crippen molar-refractivity contribution < 1.29 is 9.53 Å². The highest BCUT2D eigenvalue weighted by Gasteiger charge is 2.16. The zero-order valence-corrected chi connectivity index (χ0v) is 14.3. The molecule has 0 aliphatic rings. The normalized spacial score (nSPS) is 11.4. The lowest BCUT2D eigenvalue weighted by Gasteiger charge is -2.12. The van der Waals surface area contributed by atoms with Crippen molar-refractivity contribution in [1.82, 2.24) is 15.1 Å². The lowest BCUT2D eigenvalue weighted by Crippen LogP contribution is -2.27. The number of aryl methyl sites for hydroxylation is 1. The van der Waals surface area contributed by atoms with Gasteiger partial charge in [-0.3, -0.25) is 9.48 Å². The molecule has 0 saturated heterocycles. The maximum Gasteiger partial charge on any atom is 0.255 e. The highest BCUT2D eigenvalue weighted by atomic mass is 16.5. The molecule has 0 unspecified atom stereocenters. The van der Waals surface area contributed by atoms with Gasteiger partial charge >= 0.3 is 0 Å². The number of amides is 1. The zero-order chi connectivity index (χ0) is 18.4. The summed E-state index contributed by atoms with van der Waals surface area (Å²) in [5.41, 5.74) is 2.18. The Hall–Kier alpha value is -3.59. The number of aromatic nitrogens is 2. The van der Waals surface area contributed by atoms with Gasteiger partial charge in [0.25, 0.3) is 5.91 Å². The van der Waals surface area contributed by atoms with Crippen molar-refractivity contribution in [3.8, 4) is 11.8 Å². The fourth-order valence-electron chi connectivity index (χ4n) is 2.44.